The van der Waals surface area contributed by atoms with Crippen LogP contribution in [0, 0.1) is 6.92 Å². The molecule has 2 heterocycles. The van der Waals surface area contributed by atoms with Gasteiger partial charge in [0.1, 0.15) is 0 Å². The number of aromatic nitrogens is 3. The summed E-state index contributed by atoms with van der Waals surface area (Å²) in [6, 6.07) is 2.36. The molecule has 0 radical (unpaired) electrons. The molecule has 0 atom stereocenters. The standard InChI is InChI=1S/C18H26N4O/c1-13-11-15(17(23)9-6-10-21(2)3)16-12-19-22(18(16)20-13)14-7-4-5-8-14/h11-12,14H,4-10H2,1-3H3. The van der Waals surface area contributed by atoms with Gasteiger partial charge in [0.2, 0.25) is 0 Å². The maximum Gasteiger partial charge on any atom is 0.163 e. The third-order valence-electron chi connectivity index (χ3n) is 4.67. The molecule has 5 heteroatoms. The predicted molar refractivity (Wildman–Crippen MR) is 91.9 cm³/mol. The summed E-state index contributed by atoms with van der Waals surface area (Å²) in [6.45, 7) is 2.89. The molecule has 0 spiro atoms. The molecule has 0 N–H and O–H groups in total. The number of hydrogen-bond donors (Lipinski definition) is 0. The van der Waals surface area contributed by atoms with Crippen LogP contribution in [0.3, 0.4) is 0 Å². The lowest BCUT2D eigenvalue weighted by molar-refractivity contribution is 0.0979. The minimum atomic E-state index is 0.202. The Kier molecular flexibility index (Phi) is 4.76. The van der Waals surface area contributed by atoms with Crippen molar-refractivity contribution in [2.45, 2.75) is 51.5 Å². The molecule has 0 amide bonds. The second-order valence-electron chi connectivity index (χ2n) is 6.91. The molecule has 1 aliphatic carbocycles. The molecule has 1 fully saturated rings. The van der Waals surface area contributed by atoms with Crippen molar-refractivity contribution in [2.75, 3.05) is 20.6 Å². The smallest absolute Gasteiger partial charge is 0.163 e. The average molecular weight is 314 g/mol. The SMILES string of the molecule is Cc1cc(C(=O)CCCN(C)C)c2cnn(C3CCCC3)c2n1. The second-order valence-corrected chi connectivity index (χ2v) is 6.91. The highest BCUT2D eigenvalue weighted by Crippen LogP contribution is 2.32. The van der Waals surface area contributed by atoms with Crippen molar-refractivity contribution in [1.82, 2.24) is 19.7 Å². The van der Waals surface area contributed by atoms with E-state index in [1.807, 2.05) is 38.0 Å². The molecule has 124 valence electrons. The zero-order chi connectivity index (χ0) is 16.4. The van der Waals surface area contributed by atoms with Crippen molar-refractivity contribution >= 4 is 16.8 Å². The monoisotopic (exact) mass is 314 g/mol. The van der Waals surface area contributed by atoms with Crippen LogP contribution in [0.25, 0.3) is 11.0 Å². The van der Waals surface area contributed by atoms with E-state index in [0.717, 1.165) is 35.3 Å². The zero-order valence-electron chi connectivity index (χ0n) is 14.4. The molecule has 1 aliphatic rings. The van der Waals surface area contributed by atoms with Crippen LogP contribution in [0.1, 0.15) is 60.6 Å². The van der Waals surface area contributed by atoms with E-state index >= 15 is 0 Å². The third-order valence-corrected chi connectivity index (χ3v) is 4.67. The van der Waals surface area contributed by atoms with Crippen LogP contribution < -0.4 is 0 Å². The van der Waals surface area contributed by atoms with Crippen LogP contribution >= 0.6 is 0 Å². The highest BCUT2D eigenvalue weighted by molar-refractivity contribution is 6.06. The molecule has 0 saturated heterocycles. The fourth-order valence-electron chi connectivity index (χ4n) is 3.48. The number of rotatable bonds is 6. The van der Waals surface area contributed by atoms with Crippen molar-refractivity contribution in [3.8, 4) is 0 Å². The number of ketones is 1. The average Bonchev–Trinajstić information content (AvgIpc) is 3.14. The number of aryl methyl sites for hydroxylation is 1. The molecule has 5 nitrogen and oxygen atoms in total. The molecule has 23 heavy (non-hydrogen) atoms. The molecule has 0 aliphatic heterocycles. The Hall–Kier alpha value is -1.75. The quantitative estimate of drug-likeness (QED) is 0.767. The maximum absolute atomic E-state index is 12.6. The first kappa shape index (κ1) is 16.1. The van der Waals surface area contributed by atoms with E-state index in [1.54, 1.807) is 0 Å². The Morgan fingerprint density at radius 1 is 1.35 bits per heavy atom. The normalized spacial score (nSPS) is 15.8. The molecule has 3 rings (SSSR count). The van der Waals surface area contributed by atoms with Crippen molar-refractivity contribution in [1.29, 1.82) is 0 Å². The molecule has 0 aromatic carbocycles. The number of carbonyl (C=O) groups is 1. The van der Waals surface area contributed by atoms with E-state index in [2.05, 4.69) is 15.0 Å². The number of Topliss-reactive ketones (excluding diaryl/α,β-unsaturated/α-hetero) is 1. The number of hydrogen-bond acceptors (Lipinski definition) is 4. The van der Waals surface area contributed by atoms with Gasteiger partial charge in [-0.3, -0.25) is 4.79 Å². The second kappa shape index (κ2) is 6.79. The minimum absolute atomic E-state index is 0.202. The Balaban J connectivity index is 1.89. The topological polar surface area (TPSA) is 51.0 Å². The van der Waals surface area contributed by atoms with Gasteiger partial charge in [-0.15, -0.1) is 0 Å². The molecular weight excluding hydrogens is 288 g/mol. The first-order valence-corrected chi connectivity index (χ1v) is 8.59. The Labute approximate surface area is 137 Å². The highest BCUT2D eigenvalue weighted by Gasteiger charge is 2.22. The van der Waals surface area contributed by atoms with Crippen LogP contribution in [0.5, 0.6) is 0 Å². The van der Waals surface area contributed by atoms with E-state index in [-0.39, 0.29) is 5.78 Å². The van der Waals surface area contributed by atoms with Gasteiger partial charge in [0, 0.05) is 23.1 Å². The number of pyridine rings is 1. The fourth-order valence-corrected chi connectivity index (χ4v) is 3.48. The van der Waals surface area contributed by atoms with Gasteiger partial charge in [-0.1, -0.05) is 12.8 Å². The van der Waals surface area contributed by atoms with Crippen LogP contribution in [-0.2, 0) is 0 Å². The molecule has 2 aromatic heterocycles. The van der Waals surface area contributed by atoms with E-state index in [9.17, 15) is 4.79 Å². The lowest BCUT2D eigenvalue weighted by Gasteiger charge is -2.12. The van der Waals surface area contributed by atoms with Crippen LogP contribution in [-0.4, -0.2) is 46.1 Å². The fraction of sp³-hybridized carbons (Fsp3) is 0.611. The zero-order valence-corrected chi connectivity index (χ0v) is 14.4. The van der Waals surface area contributed by atoms with Crippen molar-refractivity contribution in [2.24, 2.45) is 0 Å². The third kappa shape index (κ3) is 3.44. The summed E-state index contributed by atoms with van der Waals surface area (Å²) in [6.07, 6.45) is 8.13. The summed E-state index contributed by atoms with van der Waals surface area (Å²) in [5, 5.41) is 5.48. The van der Waals surface area contributed by atoms with Gasteiger partial charge in [-0.2, -0.15) is 5.10 Å². The van der Waals surface area contributed by atoms with Gasteiger partial charge in [-0.25, -0.2) is 9.67 Å². The summed E-state index contributed by atoms with van der Waals surface area (Å²) in [5.74, 6) is 0.202. The van der Waals surface area contributed by atoms with Gasteiger partial charge < -0.3 is 4.90 Å². The predicted octanol–water partition coefficient (Wildman–Crippen LogP) is 3.38. The van der Waals surface area contributed by atoms with Crippen molar-refractivity contribution in [3.63, 3.8) is 0 Å². The van der Waals surface area contributed by atoms with Gasteiger partial charge in [0.25, 0.3) is 0 Å². The summed E-state index contributed by atoms with van der Waals surface area (Å²) < 4.78 is 2.05. The maximum atomic E-state index is 12.6. The van der Waals surface area contributed by atoms with E-state index in [1.165, 1.54) is 25.7 Å². The number of nitrogens with zero attached hydrogens (tertiary/aromatic N) is 4. The van der Waals surface area contributed by atoms with Crippen LogP contribution in [0.2, 0.25) is 0 Å². The highest BCUT2D eigenvalue weighted by atomic mass is 16.1. The molecule has 0 bridgehead atoms. The summed E-state index contributed by atoms with van der Waals surface area (Å²) in [5.41, 5.74) is 2.57. The van der Waals surface area contributed by atoms with Crippen LogP contribution in [0.4, 0.5) is 0 Å². The van der Waals surface area contributed by atoms with E-state index in [0.29, 0.717) is 12.5 Å². The van der Waals surface area contributed by atoms with Gasteiger partial charge in [-0.05, 0) is 52.9 Å². The number of carbonyl (C=O) groups excluding carboxylic acids is 1. The molecule has 0 unspecified atom stereocenters. The molecule has 1 saturated carbocycles. The minimum Gasteiger partial charge on any atom is -0.309 e. The summed E-state index contributed by atoms with van der Waals surface area (Å²) in [4.78, 5) is 19.4. The first-order valence-electron chi connectivity index (χ1n) is 8.59. The summed E-state index contributed by atoms with van der Waals surface area (Å²) >= 11 is 0. The van der Waals surface area contributed by atoms with Gasteiger partial charge >= 0.3 is 0 Å². The lowest BCUT2D eigenvalue weighted by atomic mass is 10.0. The van der Waals surface area contributed by atoms with Gasteiger partial charge in [0.05, 0.1) is 12.2 Å². The van der Waals surface area contributed by atoms with Crippen molar-refractivity contribution in [3.05, 3.63) is 23.5 Å². The lowest BCUT2D eigenvalue weighted by Crippen LogP contribution is -2.14. The number of fused-ring (bicyclic) bond motifs is 1. The molecule has 2 aromatic rings. The Morgan fingerprint density at radius 2 is 2.09 bits per heavy atom. The van der Waals surface area contributed by atoms with E-state index in [4.69, 9.17) is 0 Å². The van der Waals surface area contributed by atoms with Gasteiger partial charge in [0.15, 0.2) is 11.4 Å². The molecular formula is C18H26N4O. The Bertz CT molecular complexity index is 698. The van der Waals surface area contributed by atoms with E-state index < -0.39 is 0 Å². The Morgan fingerprint density at radius 3 is 2.78 bits per heavy atom. The summed E-state index contributed by atoms with van der Waals surface area (Å²) in [7, 11) is 4.07. The largest absolute Gasteiger partial charge is 0.309 e. The van der Waals surface area contributed by atoms with Crippen LogP contribution in [0.15, 0.2) is 12.3 Å². The van der Waals surface area contributed by atoms with Crippen molar-refractivity contribution < 1.29 is 4.79 Å². The first-order chi connectivity index (χ1) is 11.1.